The molecule has 1 saturated heterocycles. The molecule has 33 heavy (non-hydrogen) atoms. The van der Waals surface area contributed by atoms with Crippen molar-refractivity contribution in [2.24, 2.45) is 0 Å². The molecule has 2 aromatic carbocycles. The number of sulfonamides is 1. The Bertz CT molecular complexity index is 1050. The van der Waals surface area contributed by atoms with Crippen LogP contribution in [0.1, 0.15) is 35.6 Å². The maximum atomic E-state index is 13.1. The summed E-state index contributed by atoms with van der Waals surface area (Å²) >= 11 is 0. The van der Waals surface area contributed by atoms with Gasteiger partial charge in [-0.25, -0.2) is 8.42 Å². The fourth-order valence-corrected chi connectivity index (χ4v) is 5.21. The normalized spacial score (nSPS) is 15.8. The summed E-state index contributed by atoms with van der Waals surface area (Å²) in [7, 11) is -3.65. The van der Waals surface area contributed by atoms with Gasteiger partial charge in [-0.2, -0.15) is 0 Å². The Morgan fingerprint density at radius 1 is 1.06 bits per heavy atom. The van der Waals surface area contributed by atoms with Crippen molar-refractivity contribution in [2.75, 3.05) is 36.9 Å². The molecule has 1 N–H and O–H groups in total. The van der Waals surface area contributed by atoms with Crippen LogP contribution in [0.15, 0.2) is 42.5 Å². The SMILES string of the molecule is CC[C@H](C(=O)NCc1ccc(CN2CCOCC2)cc1)N(c1ccc(C)c(C)c1)S(C)(=O)=O. The minimum atomic E-state index is -3.65. The molecule has 0 radical (unpaired) electrons. The number of benzene rings is 2. The van der Waals surface area contributed by atoms with Crippen LogP contribution in [0.5, 0.6) is 0 Å². The Morgan fingerprint density at radius 2 is 1.70 bits per heavy atom. The van der Waals surface area contributed by atoms with Crippen molar-refractivity contribution < 1.29 is 17.9 Å². The van der Waals surface area contributed by atoms with Crippen LogP contribution in [0.25, 0.3) is 0 Å². The molecule has 7 nitrogen and oxygen atoms in total. The van der Waals surface area contributed by atoms with Crippen LogP contribution in [0.4, 0.5) is 5.69 Å². The summed E-state index contributed by atoms with van der Waals surface area (Å²) in [5, 5.41) is 2.93. The Kier molecular flexibility index (Phi) is 8.51. The summed E-state index contributed by atoms with van der Waals surface area (Å²) in [6, 6.07) is 12.8. The molecule has 1 heterocycles. The highest BCUT2D eigenvalue weighted by Gasteiger charge is 2.31. The molecule has 0 aliphatic carbocycles. The molecule has 8 heteroatoms. The molecule has 0 aromatic heterocycles. The minimum absolute atomic E-state index is 0.307. The van der Waals surface area contributed by atoms with Gasteiger partial charge in [0.15, 0.2) is 0 Å². The minimum Gasteiger partial charge on any atom is -0.379 e. The van der Waals surface area contributed by atoms with Crippen molar-refractivity contribution in [1.82, 2.24) is 10.2 Å². The third kappa shape index (κ3) is 6.79. The molecule has 0 unspecified atom stereocenters. The molecule has 0 spiro atoms. The molecule has 0 saturated carbocycles. The Balaban J connectivity index is 1.67. The van der Waals surface area contributed by atoms with Crippen LogP contribution in [-0.4, -0.2) is 57.8 Å². The molecule has 1 amide bonds. The second kappa shape index (κ2) is 11.1. The van der Waals surface area contributed by atoms with Crippen molar-refractivity contribution in [3.8, 4) is 0 Å². The van der Waals surface area contributed by atoms with E-state index in [2.05, 4.69) is 22.3 Å². The van der Waals surface area contributed by atoms with E-state index in [4.69, 9.17) is 4.74 Å². The number of anilines is 1. The lowest BCUT2D eigenvalue weighted by molar-refractivity contribution is -0.122. The summed E-state index contributed by atoms with van der Waals surface area (Å²) in [6.07, 6.45) is 1.51. The van der Waals surface area contributed by atoms with Gasteiger partial charge in [0.1, 0.15) is 6.04 Å². The number of carbonyl (C=O) groups excluding carboxylic acids is 1. The second-order valence-corrected chi connectivity index (χ2v) is 10.5. The summed E-state index contributed by atoms with van der Waals surface area (Å²) in [6.45, 7) is 10.4. The Labute approximate surface area is 197 Å². The first kappa shape index (κ1) is 25.2. The molecule has 3 rings (SSSR count). The number of morpholine rings is 1. The predicted molar refractivity (Wildman–Crippen MR) is 132 cm³/mol. The summed E-state index contributed by atoms with van der Waals surface area (Å²) in [4.78, 5) is 15.4. The maximum absolute atomic E-state index is 13.1. The zero-order chi connectivity index (χ0) is 24.0. The monoisotopic (exact) mass is 473 g/mol. The number of hydrogen-bond donors (Lipinski definition) is 1. The smallest absolute Gasteiger partial charge is 0.244 e. The number of carbonyl (C=O) groups is 1. The van der Waals surface area contributed by atoms with Gasteiger partial charge < -0.3 is 10.1 Å². The van der Waals surface area contributed by atoms with E-state index in [1.165, 1.54) is 9.87 Å². The number of aryl methyl sites for hydroxylation is 2. The molecule has 0 bridgehead atoms. The number of nitrogens with zero attached hydrogens (tertiary/aromatic N) is 2. The zero-order valence-corrected chi connectivity index (χ0v) is 20.8. The highest BCUT2D eigenvalue weighted by molar-refractivity contribution is 7.92. The lowest BCUT2D eigenvalue weighted by atomic mass is 10.1. The maximum Gasteiger partial charge on any atom is 0.244 e. The first-order valence-corrected chi connectivity index (χ1v) is 13.3. The molecule has 1 aliphatic rings. The van der Waals surface area contributed by atoms with E-state index in [1.54, 1.807) is 6.07 Å². The first-order valence-electron chi connectivity index (χ1n) is 11.4. The fraction of sp³-hybridized carbons (Fsp3) is 0.480. The zero-order valence-electron chi connectivity index (χ0n) is 20.0. The number of nitrogens with one attached hydrogen (secondary N) is 1. The van der Waals surface area contributed by atoms with E-state index in [0.29, 0.717) is 18.7 Å². The molecular weight excluding hydrogens is 438 g/mol. The fourth-order valence-electron chi connectivity index (χ4n) is 4.01. The predicted octanol–water partition coefficient (Wildman–Crippen LogP) is 3.00. The lowest BCUT2D eigenvalue weighted by Crippen LogP contribution is -2.49. The van der Waals surface area contributed by atoms with Crippen LogP contribution in [0, 0.1) is 13.8 Å². The summed E-state index contributed by atoms with van der Waals surface area (Å²) < 4.78 is 31.9. The summed E-state index contributed by atoms with van der Waals surface area (Å²) in [5.74, 6) is -0.307. The molecular formula is C25H35N3O4S. The average molecular weight is 474 g/mol. The van der Waals surface area contributed by atoms with Crippen LogP contribution < -0.4 is 9.62 Å². The van der Waals surface area contributed by atoms with Crippen molar-refractivity contribution in [3.63, 3.8) is 0 Å². The third-order valence-electron chi connectivity index (χ3n) is 6.07. The van der Waals surface area contributed by atoms with Gasteiger partial charge in [-0.15, -0.1) is 0 Å². The lowest BCUT2D eigenvalue weighted by Gasteiger charge is -2.30. The standard InChI is InChI=1S/C25H35N3O4S/c1-5-24(28(33(4,30)31)23-11-6-19(2)20(3)16-23)25(29)26-17-21-7-9-22(10-8-21)18-27-12-14-32-15-13-27/h6-11,16,24H,5,12-15,17-18H2,1-4H3,(H,26,29)/t24-/m1/s1. The van der Waals surface area contributed by atoms with Crippen molar-refractivity contribution in [1.29, 1.82) is 0 Å². The van der Waals surface area contributed by atoms with Gasteiger partial charge >= 0.3 is 0 Å². The van der Waals surface area contributed by atoms with E-state index in [-0.39, 0.29) is 5.91 Å². The second-order valence-electron chi connectivity index (χ2n) is 8.67. The highest BCUT2D eigenvalue weighted by Crippen LogP contribution is 2.25. The van der Waals surface area contributed by atoms with Gasteiger partial charge in [-0.05, 0) is 54.7 Å². The molecule has 2 aromatic rings. The van der Waals surface area contributed by atoms with E-state index in [0.717, 1.165) is 55.8 Å². The van der Waals surface area contributed by atoms with Crippen LogP contribution in [-0.2, 0) is 32.6 Å². The molecule has 1 fully saturated rings. The molecule has 1 aliphatic heterocycles. The first-order chi connectivity index (χ1) is 15.7. The largest absolute Gasteiger partial charge is 0.379 e. The van der Waals surface area contributed by atoms with Gasteiger partial charge in [0.25, 0.3) is 0 Å². The van der Waals surface area contributed by atoms with Gasteiger partial charge in [0.05, 0.1) is 25.2 Å². The van der Waals surface area contributed by atoms with Gasteiger partial charge in [-0.1, -0.05) is 37.3 Å². The van der Waals surface area contributed by atoms with Crippen molar-refractivity contribution >= 4 is 21.6 Å². The van der Waals surface area contributed by atoms with Crippen LogP contribution in [0.2, 0.25) is 0 Å². The molecule has 180 valence electrons. The van der Waals surface area contributed by atoms with E-state index < -0.39 is 16.1 Å². The number of rotatable bonds is 9. The highest BCUT2D eigenvalue weighted by atomic mass is 32.2. The summed E-state index contributed by atoms with van der Waals surface area (Å²) in [5.41, 5.74) is 4.75. The quantitative estimate of drug-likeness (QED) is 0.606. The number of hydrogen-bond acceptors (Lipinski definition) is 5. The van der Waals surface area contributed by atoms with Crippen molar-refractivity contribution in [3.05, 3.63) is 64.7 Å². The Morgan fingerprint density at radius 3 is 2.27 bits per heavy atom. The van der Waals surface area contributed by atoms with Crippen LogP contribution >= 0.6 is 0 Å². The van der Waals surface area contributed by atoms with Gasteiger partial charge in [-0.3, -0.25) is 14.0 Å². The average Bonchev–Trinajstić information content (AvgIpc) is 2.78. The van der Waals surface area contributed by atoms with E-state index >= 15 is 0 Å². The van der Waals surface area contributed by atoms with Crippen molar-refractivity contribution in [2.45, 2.75) is 46.3 Å². The number of amides is 1. The van der Waals surface area contributed by atoms with Crippen LogP contribution in [0.3, 0.4) is 0 Å². The topological polar surface area (TPSA) is 79.0 Å². The molecule has 1 atom stereocenters. The number of ether oxygens (including phenoxy) is 1. The van der Waals surface area contributed by atoms with Gasteiger partial charge in [0, 0.05) is 26.2 Å². The van der Waals surface area contributed by atoms with Gasteiger partial charge in [0.2, 0.25) is 15.9 Å². The Hall–Kier alpha value is -2.42. The third-order valence-corrected chi connectivity index (χ3v) is 7.25. The van der Waals surface area contributed by atoms with E-state index in [9.17, 15) is 13.2 Å². The van der Waals surface area contributed by atoms with E-state index in [1.807, 2.05) is 45.0 Å².